The van der Waals surface area contributed by atoms with Crippen molar-refractivity contribution in [1.29, 1.82) is 0 Å². The lowest BCUT2D eigenvalue weighted by molar-refractivity contribution is 0.622. The summed E-state index contributed by atoms with van der Waals surface area (Å²) >= 11 is 3.11. The van der Waals surface area contributed by atoms with Gasteiger partial charge in [0, 0.05) is 24.2 Å². The molecule has 0 saturated heterocycles. The molecule has 0 aliphatic heterocycles. The van der Waals surface area contributed by atoms with Crippen LogP contribution in [0.2, 0.25) is 0 Å². The van der Waals surface area contributed by atoms with Crippen LogP contribution in [0.5, 0.6) is 0 Å². The lowest BCUT2D eigenvalue weighted by Gasteiger charge is -2.08. The number of rotatable bonds is 1. The van der Waals surface area contributed by atoms with Crippen LogP contribution in [-0.4, -0.2) is 4.57 Å². The first-order chi connectivity index (χ1) is 7.13. The summed E-state index contributed by atoms with van der Waals surface area (Å²) in [7, 11) is 0. The van der Waals surface area contributed by atoms with Crippen molar-refractivity contribution >= 4 is 26.8 Å². The largest absolute Gasteiger partial charge is 0.347 e. The van der Waals surface area contributed by atoms with Gasteiger partial charge in [0.2, 0.25) is 0 Å². The van der Waals surface area contributed by atoms with Crippen molar-refractivity contribution in [2.75, 3.05) is 0 Å². The van der Waals surface area contributed by atoms with Crippen molar-refractivity contribution in [2.45, 2.75) is 13.5 Å². The van der Waals surface area contributed by atoms with Gasteiger partial charge in [0.05, 0.1) is 9.99 Å². The van der Waals surface area contributed by atoms with Crippen molar-refractivity contribution in [1.82, 2.24) is 4.57 Å². The van der Waals surface area contributed by atoms with E-state index in [-0.39, 0.29) is 5.43 Å². The Balaban J connectivity index is 2.95. The second-order valence-corrected chi connectivity index (χ2v) is 4.10. The van der Waals surface area contributed by atoms with Crippen LogP contribution in [0.25, 0.3) is 10.9 Å². The second-order valence-electron chi connectivity index (χ2n) is 3.25. The van der Waals surface area contributed by atoms with E-state index in [1.807, 2.05) is 11.5 Å². The minimum Gasteiger partial charge on any atom is -0.347 e. The van der Waals surface area contributed by atoms with Crippen molar-refractivity contribution < 1.29 is 4.39 Å². The van der Waals surface area contributed by atoms with Crippen LogP contribution in [0.15, 0.2) is 33.7 Å². The maximum atomic E-state index is 13.3. The Morgan fingerprint density at radius 3 is 2.87 bits per heavy atom. The number of fused-ring (bicyclic) bond motifs is 1. The highest BCUT2D eigenvalue weighted by Gasteiger charge is 2.06. The van der Waals surface area contributed by atoms with Crippen molar-refractivity contribution in [2.24, 2.45) is 0 Å². The number of benzene rings is 1. The molecular weight excluding hydrogens is 261 g/mol. The zero-order valence-electron chi connectivity index (χ0n) is 8.13. The minimum atomic E-state index is -0.409. The van der Waals surface area contributed by atoms with Gasteiger partial charge in [-0.1, -0.05) is 0 Å². The SMILES string of the molecule is CCn1ccc(=O)c2cc(F)c(Br)cc21. The molecule has 2 nitrogen and oxygen atoms in total. The summed E-state index contributed by atoms with van der Waals surface area (Å²) in [5.41, 5.74) is 0.597. The van der Waals surface area contributed by atoms with Crippen LogP contribution < -0.4 is 5.43 Å². The van der Waals surface area contributed by atoms with Crippen LogP contribution in [0.3, 0.4) is 0 Å². The molecule has 0 bridgehead atoms. The van der Waals surface area contributed by atoms with Gasteiger partial charge in [-0.05, 0) is 35.0 Å². The number of aryl methyl sites for hydroxylation is 1. The number of hydrogen-bond acceptors (Lipinski definition) is 1. The van der Waals surface area contributed by atoms with Gasteiger partial charge in [0.15, 0.2) is 5.43 Å². The first-order valence-electron chi connectivity index (χ1n) is 4.61. The van der Waals surface area contributed by atoms with Crippen molar-refractivity contribution in [3.8, 4) is 0 Å². The van der Waals surface area contributed by atoms with Gasteiger partial charge >= 0.3 is 0 Å². The second kappa shape index (κ2) is 3.77. The van der Waals surface area contributed by atoms with Gasteiger partial charge in [-0.25, -0.2) is 4.39 Å². The Labute approximate surface area is 94.5 Å². The van der Waals surface area contributed by atoms with E-state index in [4.69, 9.17) is 0 Å². The topological polar surface area (TPSA) is 22.0 Å². The summed E-state index contributed by atoms with van der Waals surface area (Å²) in [5.74, 6) is -0.409. The molecule has 2 rings (SSSR count). The summed E-state index contributed by atoms with van der Waals surface area (Å²) in [6.45, 7) is 2.72. The molecule has 0 aliphatic carbocycles. The Hall–Kier alpha value is -1.16. The molecule has 4 heteroatoms. The first-order valence-corrected chi connectivity index (χ1v) is 5.41. The smallest absolute Gasteiger partial charge is 0.189 e. The number of hydrogen-bond donors (Lipinski definition) is 0. The van der Waals surface area contributed by atoms with Crippen LogP contribution >= 0.6 is 15.9 Å². The summed E-state index contributed by atoms with van der Waals surface area (Å²) in [6, 6.07) is 4.36. The third-order valence-corrected chi connectivity index (χ3v) is 2.97. The van der Waals surface area contributed by atoms with E-state index < -0.39 is 5.82 Å². The van der Waals surface area contributed by atoms with Crippen LogP contribution in [0.4, 0.5) is 4.39 Å². The molecule has 0 N–H and O–H groups in total. The molecule has 1 heterocycles. The Bertz CT molecular complexity index is 577. The Kier molecular flexibility index (Phi) is 2.61. The normalized spacial score (nSPS) is 10.9. The molecule has 2 aromatic rings. The van der Waals surface area contributed by atoms with E-state index in [1.54, 1.807) is 12.3 Å². The summed E-state index contributed by atoms with van der Waals surface area (Å²) in [4.78, 5) is 11.5. The monoisotopic (exact) mass is 269 g/mol. The third-order valence-electron chi connectivity index (χ3n) is 2.36. The molecule has 0 spiro atoms. The van der Waals surface area contributed by atoms with Crippen LogP contribution in [-0.2, 0) is 6.54 Å². The fraction of sp³-hybridized carbons (Fsp3) is 0.182. The van der Waals surface area contributed by atoms with Crippen molar-refractivity contribution in [3.63, 3.8) is 0 Å². The van der Waals surface area contributed by atoms with E-state index in [0.717, 1.165) is 12.1 Å². The van der Waals surface area contributed by atoms with Gasteiger partial charge in [-0.3, -0.25) is 4.79 Å². The number of nitrogens with zero attached hydrogens (tertiary/aromatic N) is 1. The molecule has 1 aromatic heterocycles. The molecule has 0 atom stereocenters. The third kappa shape index (κ3) is 1.69. The van der Waals surface area contributed by atoms with E-state index in [9.17, 15) is 9.18 Å². The molecule has 1 aromatic carbocycles. The molecule has 0 amide bonds. The fourth-order valence-corrected chi connectivity index (χ4v) is 1.91. The van der Waals surface area contributed by atoms with Gasteiger partial charge in [0.25, 0.3) is 0 Å². The first kappa shape index (κ1) is 10.4. The van der Waals surface area contributed by atoms with Gasteiger partial charge < -0.3 is 4.57 Å². The zero-order chi connectivity index (χ0) is 11.0. The average Bonchev–Trinajstić information content (AvgIpc) is 2.22. The maximum Gasteiger partial charge on any atom is 0.189 e. The lowest BCUT2D eigenvalue weighted by Crippen LogP contribution is -2.07. The van der Waals surface area contributed by atoms with Gasteiger partial charge in [0.1, 0.15) is 5.82 Å². The molecule has 0 radical (unpaired) electrons. The molecule has 15 heavy (non-hydrogen) atoms. The van der Waals surface area contributed by atoms with Gasteiger partial charge in [-0.2, -0.15) is 0 Å². The number of aromatic nitrogens is 1. The zero-order valence-corrected chi connectivity index (χ0v) is 9.71. The molecule has 0 unspecified atom stereocenters. The summed E-state index contributed by atoms with van der Waals surface area (Å²) in [5, 5.41) is 0.417. The van der Waals surface area contributed by atoms with E-state index in [1.165, 1.54) is 12.1 Å². The highest BCUT2D eigenvalue weighted by Crippen LogP contribution is 2.21. The van der Waals surface area contributed by atoms with E-state index in [2.05, 4.69) is 15.9 Å². The minimum absolute atomic E-state index is 0.152. The Morgan fingerprint density at radius 1 is 1.47 bits per heavy atom. The predicted octanol–water partition coefficient (Wildman–Crippen LogP) is 2.92. The van der Waals surface area contributed by atoms with Crippen LogP contribution in [0, 0.1) is 5.82 Å². The highest BCUT2D eigenvalue weighted by molar-refractivity contribution is 9.10. The predicted molar refractivity (Wildman–Crippen MR) is 61.5 cm³/mol. The summed E-state index contributed by atoms with van der Waals surface area (Å²) < 4.78 is 15.6. The molecule has 78 valence electrons. The highest BCUT2D eigenvalue weighted by atomic mass is 79.9. The fourth-order valence-electron chi connectivity index (χ4n) is 1.57. The number of halogens is 2. The maximum absolute atomic E-state index is 13.3. The molecule has 0 saturated carbocycles. The van der Waals surface area contributed by atoms with E-state index in [0.29, 0.717) is 9.86 Å². The standard InChI is InChI=1S/C11H9BrFNO/c1-2-14-4-3-11(15)7-5-9(13)8(12)6-10(7)14/h3-6H,2H2,1H3. The number of pyridine rings is 1. The molecule has 0 fully saturated rings. The molecular formula is C11H9BrFNO. The quantitative estimate of drug-likeness (QED) is 0.780. The van der Waals surface area contributed by atoms with Crippen LogP contribution in [0.1, 0.15) is 6.92 Å². The average molecular weight is 270 g/mol. The molecule has 0 aliphatic rings. The lowest BCUT2D eigenvalue weighted by atomic mass is 10.2. The van der Waals surface area contributed by atoms with Gasteiger partial charge in [-0.15, -0.1) is 0 Å². The summed E-state index contributed by atoms with van der Waals surface area (Å²) in [6.07, 6.45) is 1.72. The van der Waals surface area contributed by atoms with E-state index >= 15 is 0 Å². The van der Waals surface area contributed by atoms with Crippen molar-refractivity contribution in [3.05, 3.63) is 44.9 Å². The Morgan fingerprint density at radius 2 is 2.20 bits per heavy atom.